The van der Waals surface area contributed by atoms with E-state index in [1.807, 2.05) is 30.3 Å². The van der Waals surface area contributed by atoms with Gasteiger partial charge in [0.15, 0.2) is 0 Å². The maximum absolute atomic E-state index is 12.2. The standard InChI is InChI=1S/C15H21N3O4S/c1-11(19)17-14-10-18(15(20)8-16-23(2,21)22)9-13(14)12-6-4-3-5-7-12/h3-7,13-14,16H,8-10H2,1-2H3,(H,17,19)/t13-,14+/m0/s1. The van der Waals surface area contributed by atoms with Crippen LogP contribution in [-0.2, 0) is 19.6 Å². The minimum Gasteiger partial charge on any atom is -0.351 e. The van der Waals surface area contributed by atoms with Crippen LogP contribution < -0.4 is 10.0 Å². The van der Waals surface area contributed by atoms with E-state index in [2.05, 4.69) is 10.0 Å². The van der Waals surface area contributed by atoms with Crippen molar-refractivity contribution in [3.8, 4) is 0 Å². The van der Waals surface area contributed by atoms with Crippen molar-refractivity contribution < 1.29 is 18.0 Å². The van der Waals surface area contributed by atoms with E-state index < -0.39 is 10.0 Å². The van der Waals surface area contributed by atoms with Crippen molar-refractivity contribution in [2.24, 2.45) is 0 Å². The van der Waals surface area contributed by atoms with Crippen LogP contribution in [0.5, 0.6) is 0 Å². The van der Waals surface area contributed by atoms with Crippen LogP contribution in [0.1, 0.15) is 18.4 Å². The van der Waals surface area contributed by atoms with Gasteiger partial charge in [0, 0.05) is 25.9 Å². The van der Waals surface area contributed by atoms with Gasteiger partial charge in [0.25, 0.3) is 0 Å². The zero-order valence-electron chi connectivity index (χ0n) is 13.2. The Labute approximate surface area is 136 Å². The van der Waals surface area contributed by atoms with Crippen molar-refractivity contribution in [3.05, 3.63) is 35.9 Å². The Morgan fingerprint density at radius 1 is 1.22 bits per heavy atom. The van der Waals surface area contributed by atoms with Gasteiger partial charge in [0.05, 0.1) is 18.8 Å². The lowest BCUT2D eigenvalue weighted by Gasteiger charge is -2.18. The summed E-state index contributed by atoms with van der Waals surface area (Å²) in [5.41, 5.74) is 1.04. The van der Waals surface area contributed by atoms with Gasteiger partial charge in [0.1, 0.15) is 0 Å². The average molecular weight is 339 g/mol. The summed E-state index contributed by atoms with van der Waals surface area (Å²) in [7, 11) is -3.41. The Kier molecular flexibility index (Phi) is 5.38. The minimum absolute atomic E-state index is 0.0118. The van der Waals surface area contributed by atoms with E-state index in [9.17, 15) is 18.0 Å². The van der Waals surface area contributed by atoms with Gasteiger partial charge in [0.2, 0.25) is 21.8 Å². The van der Waals surface area contributed by atoms with Gasteiger partial charge in [-0.1, -0.05) is 30.3 Å². The molecule has 0 radical (unpaired) electrons. The van der Waals surface area contributed by atoms with Crippen molar-refractivity contribution in [1.29, 1.82) is 0 Å². The third-order valence-corrected chi connectivity index (χ3v) is 4.44. The van der Waals surface area contributed by atoms with Crippen LogP contribution in [0.15, 0.2) is 30.3 Å². The third kappa shape index (κ3) is 5.04. The van der Waals surface area contributed by atoms with Gasteiger partial charge in [-0.05, 0) is 5.56 Å². The summed E-state index contributed by atoms with van der Waals surface area (Å²) in [6.07, 6.45) is 1.01. The Morgan fingerprint density at radius 3 is 2.43 bits per heavy atom. The number of nitrogens with one attached hydrogen (secondary N) is 2. The van der Waals surface area contributed by atoms with Crippen LogP contribution >= 0.6 is 0 Å². The lowest BCUT2D eigenvalue weighted by atomic mass is 9.94. The summed E-state index contributed by atoms with van der Waals surface area (Å²) < 4.78 is 24.4. The smallest absolute Gasteiger partial charge is 0.237 e. The highest BCUT2D eigenvalue weighted by molar-refractivity contribution is 7.88. The van der Waals surface area contributed by atoms with Crippen molar-refractivity contribution in [1.82, 2.24) is 14.9 Å². The molecule has 1 aliphatic heterocycles. The van der Waals surface area contributed by atoms with Gasteiger partial charge in [-0.25, -0.2) is 13.1 Å². The number of hydrogen-bond acceptors (Lipinski definition) is 4. The molecule has 2 rings (SSSR count). The van der Waals surface area contributed by atoms with Crippen LogP contribution in [0.3, 0.4) is 0 Å². The molecule has 0 saturated carbocycles. The lowest BCUT2D eigenvalue weighted by molar-refractivity contribution is -0.129. The Bertz CT molecular complexity index is 675. The molecule has 0 unspecified atom stereocenters. The van der Waals surface area contributed by atoms with E-state index in [0.717, 1.165) is 11.8 Å². The molecule has 0 spiro atoms. The first-order chi connectivity index (χ1) is 10.8. The molecule has 1 aromatic rings. The van der Waals surface area contributed by atoms with Gasteiger partial charge in [-0.2, -0.15) is 0 Å². The predicted octanol–water partition coefficient (Wildman–Crippen LogP) is -0.334. The highest BCUT2D eigenvalue weighted by Crippen LogP contribution is 2.27. The first-order valence-electron chi connectivity index (χ1n) is 7.30. The quantitative estimate of drug-likeness (QED) is 0.768. The van der Waals surface area contributed by atoms with Crippen LogP contribution in [-0.4, -0.2) is 57.1 Å². The van der Waals surface area contributed by atoms with Crippen LogP contribution in [0.4, 0.5) is 0 Å². The highest BCUT2D eigenvalue weighted by Gasteiger charge is 2.36. The Hall–Kier alpha value is -1.93. The molecule has 126 valence electrons. The number of nitrogens with zero attached hydrogens (tertiary/aromatic N) is 1. The molecule has 2 amide bonds. The Balaban J connectivity index is 2.10. The zero-order chi connectivity index (χ0) is 17.0. The molecule has 1 aliphatic rings. The predicted molar refractivity (Wildman–Crippen MR) is 86.2 cm³/mol. The molecule has 1 aromatic carbocycles. The number of benzene rings is 1. The summed E-state index contributed by atoms with van der Waals surface area (Å²) in [6, 6.07) is 9.47. The molecule has 8 heteroatoms. The highest BCUT2D eigenvalue weighted by atomic mass is 32.2. The molecule has 1 saturated heterocycles. The van der Waals surface area contributed by atoms with Gasteiger partial charge < -0.3 is 10.2 Å². The van der Waals surface area contributed by atoms with E-state index in [0.29, 0.717) is 13.1 Å². The third-order valence-electron chi connectivity index (χ3n) is 3.77. The summed E-state index contributed by atoms with van der Waals surface area (Å²) in [6.45, 7) is 1.98. The van der Waals surface area contributed by atoms with Gasteiger partial charge in [-0.15, -0.1) is 0 Å². The second-order valence-corrected chi connectivity index (χ2v) is 7.55. The average Bonchev–Trinajstić information content (AvgIpc) is 2.88. The number of likely N-dealkylation sites (tertiary alicyclic amines) is 1. The van der Waals surface area contributed by atoms with Crippen LogP contribution in [0, 0.1) is 0 Å². The number of carbonyl (C=O) groups excluding carboxylic acids is 2. The molecular weight excluding hydrogens is 318 g/mol. The Morgan fingerprint density at radius 2 is 1.87 bits per heavy atom. The SMILES string of the molecule is CC(=O)N[C@@H]1CN(C(=O)CNS(C)(=O)=O)C[C@H]1c1ccccc1. The summed E-state index contributed by atoms with van der Waals surface area (Å²) in [5.74, 6) is -0.467. The zero-order valence-corrected chi connectivity index (χ0v) is 14.0. The minimum atomic E-state index is -3.41. The molecule has 0 aromatic heterocycles. The molecule has 7 nitrogen and oxygen atoms in total. The molecule has 1 fully saturated rings. The second-order valence-electron chi connectivity index (χ2n) is 5.72. The first kappa shape index (κ1) is 17.4. The summed E-state index contributed by atoms with van der Waals surface area (Å²) >= 11 is 0. The molecular formula is C15H21N3O4S. The van der Waals surface area contributed by atoms with E-state index in [1.54, 1.807) is 4.90 Å². The van der Waals surface area contributed by atoms with Crippen molar-refractivity contribution in [3.63, 3.8) is 0 Å². The van der Waals surface area contributed by atoms with E-state index in [-0.39, 0.29) is 30.3 Å². The monoisotopic (exact) mass is 339 g/mol. The number of carbonyl (C=O) groups is 2. The van der Waals surface area contributed by atoms with E-state index in [1.165, 1.54) is 6.92 Å². The van der Waals surface area contributed by atoms with Crippen LogP contribution in [0.2, 0.25) is 0 Å². The van der Waals surface area contributed by atoms with E-state index in [4.69, 9.17) is 0 Å². The van der Waals surface area contributed by atoms with Gasteiger partial charge >= 0.3 is 0 Å². The first-order valence-corrected chi connectivity index (χ1v) is 9.20. The van der Waals surface area contributed by atoms with Crippen molar-refractivity contribution in [2.75, 3.05) is 25.9 Å². The normalized spacial score (nSPS) is 21.2. The number of hydrogen-bond donors (Lipinski definition) is 2. The molecule has 1 heterocycles. The summed E-state index contributed by atoms with van der Waals surface area (Å²) in [5, 5.41) is 2.88. The molecule has 2 N–H and O–H groups in total. The molecule has 0 bridgehead atoms. The van der Waals surface area contributed by atoms with Crippen molar-refractivity contribution >= 4 is 21.8 Å². The second kappa shape index (κ2) is 7.10. The lowest BCUT2D eigenvalue weighted by Crippen LogP contribution is -2.41. The fraction of sp³-hybridized carbons (Fsp3) is 0.467. The van der Waals surface area contributed by atoms with E-state index >= 15 is 0 Å². The molecule has 0 aliphatic carbocycles. The maximum atomic E-state index is 12.2. The number of amides is 2. The van der Waals surface area contributed by atoms with Crippen LogP contribution in [0.25, 0.3) is 0 Å². The topological polar surface area (TPSA) is 95.6 Å². The fourth-order valence-corrected chi connectivity index (χ4v) is 3.14. The molecule has 2 atom stereocenters. The number of sulfonamides is 1. The maximum Gasteiger partial charge on any atom is 0.237 e. The molecule has 23 heavy (non-hydrogen) atoms. The van der Waals surface area contributed by atoms with Crippen molar-refractivity contribution in [2.45, 2.75) is 18.9 Å². The number of rotatable bonds is 5. The fourth-order valence-electron chi connectivity index (χ4n) is 2.76. The summed E-state index contributed by atoms with van der Waals surface area (Å²) in [4.78, 5) is 25.2. The largest absolute Gasteiger partial charge is 0.351 e. The van der Waals surface area contributed by atoms with Gasteiger partial charge in [-0.3, -0.25) is 9.59 Å².